The van der Waals surface area contributed by atoms with Gasteiger partial charge in [-0.25, -0.2) is 0 Å². The second-order valence-corrected chi connectivity index (χ2v) is 10.5. The van der Waals surface area contributed by atoms with E-state index in [1.807, 2.05) is 0 Å². The fraction of sp³-hybridized carbons (Fsp3) is 1.00. The van der Waals surface area contributed by atoms with E-state index in [1.165, 1.54) is 0 Å². The fourth-order valence-electron chi connectivity index (χ4n) is 1.21. The molecular formula is C3H3B3Cl9N3. The van der Waals surface area contributed by atoms with E-state index in [9.17, 15) is 0 Å². The Morgan fingerprint density at radius 3 is 0.722 bits per heavy atom. The van der Waals surface area contributed by atoms with Gasteiger partial charge in [0, 0.05) is 0 Å². The molecule has 0 aromatic carbocycles. The molecule has 0 aromatic rings. The summed E-state index contributed by atoms with van der Waals surface area (Å²) in [6, 6.07) is 0. The number of hydrogen-bond acceptors (Lipinski definition) is 3. The second kappa shape index (κ2) is 6.43. The highest BCUT2D eigenvalue weighted by atomic mass is 35.6. The average Bonchev–Trinajstić information content (AvgIpc) is 2.13. The number of rotatable bonds is 0. The van der Waals surface area contributed by atoms with Crippen molar-refractivity contribution in [1.29, 1.82) is 0 Å². The van der Waals surface area contributed by atoms with Gasteiger partial charge in [-0.3, -0.25) is 0 Å². The van der Waals surface area contributed by atoms with E-state index in [0.29, 0.717) is 0 Å². The van der Waals surface area contributed by atoms with E-state index in [1.54, 1.807) is 0 Å². The predicted molar refractivity (Wildman–Crippen MR) is 87.5 cm³/mol. The second-order valence-electron chi connectivity index (χ2n) is 3.42. The van der Waals surface area contributed by atoms with Crippen LogP contribution < -0.4 is 15.4 Å². The van der Waals surface area contributed by atoms with E-state index in [-0.39, 0.29) is 0 Å². The first-order chi connectivity index (χ1) is 7.82. The first-order valence-electron chi connectivity index (χ1n) is 4.30. The molecule has 3 N–H and O–H groups in total. The van der Waals surface area contributed by atoms with Crippen molar-refractivity contribution >= 4 is 125 Å². The zero-order chi connectivity index (χ0) is 14.4. The molecule has 102 valence electrons. The van der Waals surface area contributed by atoms with Crippen LogP contribution in [0.5, 0.6) is 0 Å². The van der Waals surface area contributed by atoms with Crippen molar-refractivity contribution in [2.75, 3.05) is 0 Å². The van der Waals surface area contributed by atoms with E-state index < -0.39 is 32.0 Å². The SMILES string of the molecule is ClC(Cl)(Cl)B1NB(C(Cl)(Cl)Cl)NB(C(Cl)(Cl)Cl)N1. The lowest BCUT2D eigenvalue weighted by Gasteiger charge is -2.40. The molecule has 0 aliphatic carbocycles. The number of alkyl halides is 9. The van der Waals surface area contributed by atoms with Crippen molar-refractivity contribution in [1.82, 2.24) is 15.4 Å². The largest absolute Gasteiger partial charge is 0.365 e. The minimum absolute atomic E-state index is 0.884. The van der Waals surface area contributed by atoms with Gasteiger partial charge >= 0.3 is 20.9 Å². The van der Waals surface area contributed by atoms with Gasteiger partial charge in [0.25, 0.3) is 0 Å². The van der Waals surface area contributed by atoms with Crippen molar-refractivity contribution in [2.45, 2.75) is 11.1 Å². The molecule has 18 heavy (non-hydrogen) atoms. The lowest BCUT2D eigenvalue weighted by atomic mass is 9.51. The van der Waals surface area contributed by atoms with Gasteiger partial charge in [0.15, 0.2) is 11.1 Å². The Labute approximate surface area is 150 Å². The van der Waals surface area contributed by atoms with Gasteiger partial charge in [0.2, 0.25) is 0 Å². The van der Waals surface area contributed by atoms with Gasteiger partial charge in [-0.1, -0.05) is 104 Å². The molecule has 1 heterocycles. The normalized spacial score (nSPS) is 19.5. The summed E-state index contributed by atoms with van der Waals surface area (Å²) in [5.74, 6) is 0. The number of hydrogen-bond donors (Lipinski definition) is 3. The molecule has 0 atom stereocenters. The molecule has 0 unspecified atom stereocenters. The molecule has 1 aliphatic heterocycles. The predicted octanol–water partition coefficient (Wildman–Crippen LogP) is 2.96. The maximum atomic E-state index is 5.76. The Bertz CT molecular complexity index is 245. The Hall–Kier alpha value is 2.68. The zero-order valence-corrected chi connectivity index (χ0v) is 14.9. The molecule has 0 bridgehead atoms. The van der Waals surface area contributed by atoms with Crippen LogP contribution in [0, 0.1) is 0 Å². The van der Waals surface area contributed by atoms with Gasteiger partial charge in [-0.05, 0) is 0 Å². The van der Waals surface area contributed by atoms with Crippen LogP contribution in [0.3, 0.4) is 0 Å². The molecule has 1 aliphatic rings. The van der Waals surface area contributed by atoms with Crippen LogP contribution in [0.25, 0.3) is 0 Å². The van der Waals surface area contributed by atoms with Crippen LogP contribution >= 0.6 is 104 Å². The van der Waals surface area contributed by atoms with Crippen LogP contribution in [-0.4, -0.2) is 32.0 Å². The Balaban J connectivity index is 2.93. The van der Waals surface area contributed by atoms with Crippen molar-refractivity contribution in [3.8, 4) is 0 Å². The summed E-state index contributed by atoms with van der Waals surface area (Å²) >= 11 is 51.9. The van der Waals surface area contributed by atoms with Gasteiger partial charge in [-0.2, -0.15) is 0 Å². The monoisotopic (exact) mass is 429 g/mol. The molecule has 1 saturated heterocycles. The molecule has 0 amide bonds. The van der Waals surface area contributed by atoms with E-state index in [2.05, 4.69) is 15.4 Å². The molecule has 0 aromatic heterocycles. The first kappa shape index (κ1) is 18.7. The van der Waals surface area contributed by atoms with Crippen LogP contribution in [0.4, 0.5) is 0 Å². The third kappa shape index (κ3) is 5.47. The molecule has 0 saturated carbocycles. The van der Waals surface area contributed by atoms with Crippen LogP contribution in [0.2, 0.25) is 0 Å². The van der Waals surface area contributed by atoms with Crippen LogP contribution in [0.15, 0.2) is 0 Å². The summed E-state index contributed by atoms with van der Waals surface area (Å²) in [5, 5.41) is 8.24. The van der Waals surface area contributed by atoms with E-state index >= 15 is 0 Å². The maximum absolute atomic E-state index is 5.76. The summed E-state index contributed by atoms with van der Waals surface area (Å²) in [4.78, 5) is 0. The Kier molecular flexibility index (Phi) is 6.70. The molecular weight excluding hydrogens is 430 g/mol. The molecule has 1 rings (SSSR count). The molecule has 0 spiro atoms. The van der Waals surface area contributed by atoms with Crippen LogP contribution in [0.1, 0.15) is 0 Å². The Morgan fingerprint density at radius 1 is 0.444 bits per heavy atom. The lowest BCUT2D eigenvalue weighted by molar-refractivity contribution is 1.09. The fourth-order valence-corrected chi connectivity index (χ4v) is 2.35. The minimum Gasteiger partial charge on any atom is -0.365 e. The quantitative estimate of drug-likeness (QED) is 0.407. The molecule has 15 heteroatoms. The summed E-state index contributed by atoms with van der Waals surface area (Å²) in [7, 11) is 0. The maximum Gasteiger partial charge on any atom is 0.343 e. The highest BCUT2D eigenvalue weighted by Crippen LogP contribution is 2.35. The van der Waals surface area contributed by atoms with Crippen molar-refractivity contribution in [3.05, 3.63) is 0 Å². The number of nitrogens with one attached hydrogen (secondary N) is 3. The van der Waals surface area contributed by atoms with E-state index in [4.69, 9.17) is 104 Å². The lowest BCUT2D eigenvalue weighted by Crippen LogP contribution is -2.83. The van der Waals surface area contributed by atoms with Gasteiger partial charge < -0.3 is 15.4 Å². The zero-order valence-electron chi connectivity index (χ0n) is 8.13. The molecule has 1 fully saturated rings. The van der Waals surface area contributed by atoms with Crippen molar-refractivity contribution < 1.29 is 0 Å². The highest BCUT2D eigenvalue weighted by Gasteiger charge is 2.56. The first-order valence-corrected chi connectivity index (χ1v) is 7.70. The molecule has 0 radical (unpaired) electrons. The van der Waals surface area contributed by atoms with Gasteiger partial charge in [-0.15, -0.1) is 0 Å². The summed E-state index contributed by atoms with van der Waals surface area (Å²) < 4.78 is -5.20. The van der Waals surface area contributed by atoms with Gasteiger partial charge in [0.05, 0.1) is 0 Å². The average molecular weight is 433 g/mol. The number of halogens is 9. The summed E-state index contributed by atoms with van der Waals surface area (Å²) in [6.07, 6.45) is 0. The van der Waals surface area contributed by atoms with E-state index in [0.717, 1.165) is 0 Å². The minimum atomic E-state index is -1.73. The third-order valence-electron chi connectivity index (χ3n) is 1.98. The standard InChI is InChI=1S/C3H3B3Cl9N3/c7-1(8,9)4-16-5(2(10,11)12)18-6(17-4)3(13,14)15/h16-18H. The third-order valence-corrected chi connectivity index (χ3v) is 3.95. The summed E-state index contributed by atoms with van der Waals surface area (Å²) in [5.41, 5.74) is 0. The topological polar surface area (TPSA) is 36.1 Å². The Morgan fingerprint density at radius 2 is 0.611 bits per heavy atom. The summed E-state index contributed by atoms with van der Waals surface area (Å²) in [6.45, 7) is -2.65. The van der Waals surface area contributed by atoms with Gasteiger partial charge in [0.1, 0.15) is 0 Å². The highest BCUT2D eigenvalue weighted by molar-refractivity contribution is 7.10. The molecule has 3 nitrogen and oxygen atoms in total. The van der Waals surface area contributed by atoms with Crippen LogP contribution in [-0.2, 0) is 0 Å². The van der Waals surface area contributed by atoms with Crippen molar-refractivity contribution in [2.24, 2.45) is 0 Å². The van der Waals surface area contributed by atoms with Crippen molar-refractivity contribution in [3.63, 3.8) is 0 Å². The smallest absolute Gasteiger partial charge is 0.343 e.